The first-order chi connectivity index (χ1) is 10.6. The van der Waals surface area contributed by atoms with Crippen LogP contribution in [0.2, 0.25) is 0 Å². The van der Waals surface area contributed by atoms with Crippen LogP contribution in [0.4, 0.5) is 0 Å². The van der Waals surface area contributed by atoms with Gasteiger partial charge >= 0.3 is 5.69 Å². The van der Waals surface area contributed by atoms with E-state index in [-0.39, 0.29) is 18.1 Å². The van der Waals surface area contributed by atoms with Crippen LogP contribution in [0.5, 0.6) is 0 Å². The predicted octanol–water partition coefficient (Wildman–Crippen LogP) is -0.719. The summed E-state index contributed by atoms with van der Waals surface area (Å²) in [6.45, 7) is 0.432. The van der Waals surface area contributed by atoms with Crippen LogP contribution in [-0.2, 0) is 16.1 Å². The van der Waals surface area contributed by atoms with E-state index in [2.05, 4.69) is 15.7 Å². The zero-order valence-corrected chi connectivity index (χ0v) is 12.0. The zero-order valence-electron chi connectivity index (χ0n) is 12.0. The summed E-state index contributed by atoms with van der Waals surface area (Å²) in [5.74, 6) is -0.569. The Kier molecular flexibility index (Phi) is 3.90. The maximum Gasteiger partial charge on any atom is 0.350 e. The van der Waals surface area contributed by atoms with E-state index in [1.165, 1.54) is 4.40 Å². The number of fused-ring (bicyclic) bond motifs is 1. The summed E-state index contributed by atoms with van der Waals surface area (Å²) in [5, 5.41) is 9.51. The van der Waals surface area contributed by atoms with Gasteiger partial charge in [0.1, 0.15) is 12.6 Å². The summed E-state index contributed by atoms with van der Waals surface area (Å²) in [6.07, 6.45) is 3.98. The van der Waals surface area contributed by atoms with Crippen LogP contribution in [0.3, 0.4) is 0 Å². The number of hydrogen-bond acceptors (Lipinski definition) is 4. The fraction of sp³-hybridized carbons (Fsp3) is 0.429. The van der Waals surface area contributed by atoms with Crippen molar-refractivity contribution in [2.24, 2.45) is 0 Å². The number of carbonyl (C=O) groups excluding carboxylic acids is 2. The highest BCUT2D eigenvalue weighted by atomic mass is 16.2. The molecule has 2 aromatic heterocycles. The van der Waals surface area contributed by atoms with Crippen LogP contribution in [0.25, 0.3) is 5.65 Å². The number of hydrogen-bond donors (Lipinski definition) is 2. The Labute approximate surface area is 126 Å². The van der Waals surface area contributed by atoms with E-state index in [1.54, 1.807) is 24.4 Å². The van der Waals surface area contributed by atoms with Crippen LogP contribution in [0, 0.1) is 0 Å². The van der Waals surface area contributed by atoms with Crippen molar-refractivity contribution >= 4 is 17.5 Å². The first-order valence-corrected chi connectivity index (χ1v) is 7.26. The first kappa shape index (κ1) is 14.3. The van der Waals surface area contributed by atoms with Crippen LogP contribution in [-0.4, -0.2) is 38.6 Å². The van der Waals surface area contributed by atoms with Crippen molar-refractivity contribution in [2.75, 3.05) is 6.54 Å². The summed E-state index contributed by atoms with van der Waals surface area (Å²) in [6, 6.07) is 4.63. The average molecular weight is 303 g/mol. The number of aromatic nitrogens is 3. The van der Waals surface area contributed by atoms with Crippen molar-refractivity contribution in [3.8, 4) is 0 Å². The Morgan fingerprint density at radius 3 is 3.05 bits per heavy atom. The molecule has 1 aliphatic heterocycles. The van der Waals surface area contributed by atoms with Crippen molar-refractivity contribution in [3.63, 3.8) is 0 Å². The molecule has 116 valence electrons. The molecule has 2 aromatic rings. The smallest absolute Gasteiger partial charge is 0.350 e. The molecule has 8 nitrogen and oxygen atoms in total. The molecule has 0 saturated carbocycles. The highest BCUT2D eigenvalue weighted by Crippen LogP contribution is 2.05. The lowest BCUT2D eigenvalue weighted by Gasteiger charge is -2.14. The molecule has 2 amide bonds. The SMILES string of the molecule is O=C(Cn1nc2ccccn2c1=O)N[C@H]1CCCCNC1=O. The van der Waals surface area contributed by atoms with E-state index >= 15 is 0 Å². The molecule has 8 heteroatoms. The van der Waals surface area contributed by atoms with Gasteiger partial charge in [-0.3, -0.25) is 14.0 Å². The molecule has 1 fully saturated rings. The Bertz CT molecular complexity index is 763. The van der Waals surface area contributed by atoms with Crippen molar-refractivity contribution in [2.45, 2.75) is 31.8 Å². The van der Waals surface area contributed by atoms with Gasteiger partial charge in [-0.25, -0.2) is 9.48 Å². The fourth-order valence-electron chi connectivity index (χ4n) is 2.52. The predicted molar refractivity (Wildman–Crippen MR) is 78.2 cm³/mol. The third-order valence-electron chi connectivity index (χ3n) is 3.65. The molecule has 3 rings (SSSR count). The first-order valence-electron chi connectivity index (χ1n) is 7.26. The van der Waals surface area contributed by atoms with E-state index < -0.39 is 11.9 Å². The molecular weight excluding hydrogens is 286 g/mol. The maximum absolute atomic E-state index is 12.1. The van der Waals surface area contributed by atoms with Crippen molar-refractivity contribution in [3.05, 3.63) is 34.9 Å². The lowest BCUT2D eigenvalue weighted by molar-refractivity contribution is -0.129. The molecule has 22 heavy (non-hydrogen) atoms. The minimum Gasteiger partial charge on any atom is -0.354 e. The molecule has 1 atom stereocenters. The molecule has 0 radical (unpaired) electrons. The minimum absolute atomic E-state index is 0.173. The number of rotatable bonds is 3. The third-order valence-corrected chi connectivity index (χ3v) is 3.65. The highest BCUT2D eigenvalue weighted by molar-refractivity contribution is 5.87. The standard InChI is InChI=1S/C14H17N5O3/c20-12(16-10-5-1-3-7-15-13(10)21)9-19-14(22)18-8-4-2-6-11(18)17-19/h2,4,6,8,10H,1,3,5,7,9H2,(H,15,21)(H,16,20)/t10-/m0/s1. The van der Waals surface area contributed by atoms with Crippen molar-refractivity contribution in [1.82, 2.24) is 24.8 Å². The molecule has 0 aliphatic carbocycles. The molecule has 1 saturated heterocycles. The molecule has 0 unspecified atom stereocenters. The van der Waals surface area contributed by atoms with Crippen LogP contribution in [0.1, 0.15) is 19.3 Å². The number of carbonyl (C=O) groups is 2. The van der Waals surface area contributed by atoms with Crippen LogP contribution in [0.15, 0.2) is 29.2 Å². The van der Waals surface area contributed by atoms with Gasteiger partial charge in [0.15, 0.2) is 5.65 Å². The van der Waals surface area contributed by atoms with E-state index in [0.29, 0.717) is 18.6 Å². The molecule has 2 N–H and O–H groups in total. The average Bonchev–Trinajstić information content (AvgIpc) is 2.67. The number of amides is 2. The second-order valence-corrected chi connectivity index (χ2v) is 5.28. The quantitative estimate of drug-likeness (QED) is 0.782. The van der Waals surface area contributed by atoms with Gasteiger partial charge in [-0.2, -0.15) is 0 Å². The van der Waals surface area contributed by atoms with Gasteiger partial charge in [0.05, 0.1) is 0 Å². The van der Waals surface area contributed by atoms with Gasteiger partial charge in [0.25, 0.3) is 0 Å². The van der Waals surface area contributed by atoms with E-state index in [0.717, 1.165) is 17.5 Å². The monoisotopic (exact) mass is 303 g/mol. The molecule has 0 bridgehead atoms. The van der Waals surface area contributed by atoms with Gasteiger partial charge in [-0.15, -0.1) is 5.10 Å². The molecular formula is C14H17N5O3. The zero-order chi connectivity index (χ0) is 15.5. The van der Waals surface area contributed by atoms with Crippen molar-refractivity contribution < 1.29 is 9.59 Å². The van der Waals surface area contributed by atoms with Gasteiger partial charge < -0.3 is 10.6 Å². The largest absolute Gasteiger partial charge is 0.354 e. The Hall–Kier alpha value is -2.64. The molecule has 1 aliphatic rings. The topological polar surface area (TPSA) is 97.5 Å². The summed E-state index contributed by atoms with van der Waals surface area (Å²) in [4.78, 5) is 35.9. The minimum atomic E-state index is -0.539. The van der Waals surface area contributed by atoms with E-state index in [9.17, 15) is 14.4 Å². The summed E-state index contributed by atoms with van der Waals surface area (Å²) < 4.78 is 2.46. The number of nitrogens with zero attached hydrogens (tertiary/aromatic N) is 3. The number of nitrogens with one attached hydrogen (secondary N) is 2. The summed E-state index contributed by atoms with van der Waals surface area (Å²) in [5.41, 5.74) is 0.101. The Morgan fingerprint density at radius 2 is 2.23 bits per heavy atom. The van der Waals surface area contributed by atoms with Gasteiger partial charge in [0.2, 0.25) is 11.8 Å². The maximum atomic E-state index is 12.1. The van der Waals surface area contributed by atoms with Crippen molar-refractivity contribution in [1.29, 1.82) is 0 Å². The Balaban J connectivity index is 1.71. The second kappa shape index (κ2) is 6.00. The van der Waals surface area contributed by atoms with Crippen LogP contribution < -0.4 is 16.3 Å². The molecule has 3 heterocycles. The lowest BCUT2D eigenvalue weighted by Crippen LogP contribution is -2.47. The van der Waals surface area contributed by atoms with E-state index in [1.807, 2.05) is 0 Å². The molecule has 0 aromatic carbocycles. The summed E-state index contributed by atoms with van der Waals surface area (Å²) >= 11 is 0. The van der Waals surface area contributed by atoms with Gasteiger partial charge in [-0.05, 0) is 31.4 Å². The highest BCUT2D eigenvalue weighted by Gasteiger charge is 2.22. The van der Waals surface area contributed by atoms with Gasteiger partial charge in [0, 0.05) is 12.7 Å². The normalized spacial score (nSPS) is 18.7. The summed E-state index contributed by atoms with van der Waals surface area (Å²) in [7, 11) is 0. The van der Waals surface area contributed by atoms with Crippen LogP contribution >= 0.6 is 0 Å². The Morgan fingerprint density at radius 1 is 1.36 bits per heavy atom. The number of pyridine rings is 1. The van der Waals surface area contributed by atoms with Gasteiger partial charge in [-0.1, -0.05) is 6.07 Å². The second-order valence-electron chi connectivity index (χ2n) is 5.28. The third kappa shape index (κ3) is 2.85. The fourth-order valence-corrected chi connectivity index (χ4v) is 2.52. The van der Waals surface area contributed by atoms with E-state index in [4.69, 9.17) is 0 Å². The lowest BCUT2D eigenvalue weighted by atomic mass is 10.1. The molecule has 0 spiro atoms.